The molecule has 2 N–H and O–H groups in total. The fraction of sp³-hybridized carbons (Fsp3) is 0.706. The molecule has 1 fully saturated rings. The topological polar surface area (TPSA) is 52.8 Å². The maximum absolute atomic E-state index is 5.88. The zero-order valence-corrected chi connectivity index (χ0v) is 14.2. The van der Waals surface area contributed by atoms with Crippen LogP contribution in [-0.2, 0) is 0 Å². The van der Waals surface area contributed by atoms with E-state index in [-0.39, 0.29) is 6.04 Å². The summed E-state index contributed by atoms with van der Waals surface area (Å²) in [5.41, 5.74) is 0. The molecule has 1 aromatic heterocycles. The largest absolute Gasteiger partial charge is 0.465 e. The molecule has 0 radical (unpaired) electrons. The molecule has 0 aliphatic carbocycles. The van der Waals surface area contributed by atoms with Crippen LogP contribution in [0.5, 0.6) is 0 Å². The number of furan rings is 1. The van der Waals surface area contributed by atoms with Crippen LogP contribution in [0.15, 0.2) is 21.5 Å². The van der Waals surface area contributed by atoms with Crippen LogP contribution in [0.1, 0.15) is 50.2 Å². The van der Waals surface area contributed by atoms with Crippen LogP contribution in [0.3, 0.4) is 0 Å². The monoisotopic (exact) mass is 306 g/mol. The number of hydrogen-bond acceptors (Lipinski definition) is 3. The molecule has 1 saturated heterocycles. The molecular formula is C17H30N4O. The van der Waals surface area contributed by atoms with E-state index in [1.54, 1.807) is 0 Å². The number of guanidine groups is 1. The van der Waals surface area contributed by atoms with Crippen molar-refractivity contribution < 1.29 is 4.42 Å². The second-order valence-corrected chi connectivity index (χ2v) is 5.94. The summed E-state index contributed by atoms with van der Waals surface area (Å²) in [6, 6.07) is 4.43. The van der Waals surface area contributed by atoms with E-state index in [2.05, 4.69) is 33.5 Å². The van der Waals surface area contributed by atoms with E-state index in [1.165, 1.54) is 19.3 Å². The van der Waals surface area contributed by atoms with Gasteiger partial charge in [-0.2, -0.15) is 0 Å². The van der Waals surface area contributed by atoms with Gasteiger partial charge >= 0.3 is 0 Å². The number of nitrogens with zero attached hydrogens (tertiary/aromatic N) is 2. The summed E-state index contributed by atoms with van der Waals surface area (Å²) in [7, 11) is 1.82. The van der Waals surface area contributed by atoms with Crippen molar-refractivity contribution >= 4 is 5.96 Å². The maximum atomic E-state index is 5.88. The smallest absolute Gasteiger partial charge is 0.191 e. The molecule has 2 rings (SSSR count). The van der Waals surface area contributed by atoms with Gasteiger partial charge in [-0.05, 0) is 51.4 Å². The van der Waals surface area contributed by atoms with E-state index in [9.17, 15) is 0 Å². The molecule has 5 heteroatoms. The molecule has 0 spiro atoms. The lowest BCUT2D eigenvalue weighted by Crippen LogP contribution is -2.42. The fourth-order valence-corrected chi connectivity index (χ4v) is 2.89. The van der Waals surface area contributed by atoms with Gasteiger partial charge in [-0.25, -0.2) is 0 Å². The first-order valence-electron chi connectivity index (χ1n) is 8.49. The normalized spacial score (nSPS) is 17.7. The van der Waals surface area contributed by atoms with Crippen LogP contribution in [0.2, 0.25) is 0 Å². The Morgan fingerprint density at radius 3 is 2.68 bits per heavy atom. The van der Waals surface area contributed by atoms with E-state index < -0.39 is 0 Å². The number of rotatable bonds is 7. The van der Waals surface area contributed by atoms with E-state index >= 15 is 0 Å². The molecule has 0 amide bonds. The highest BCUT2D eigenvalue weighted by Gasteiger charge is 2.26. The van der Waals surface area contributed by atoms with E-state index in [0.29, 0.717) is 0 Å². The van der Waals surface area contributed by atoms with Crippen molar-refractivity contribution in [1.82, 2.24) is 15.5 Å². The predicted octanol–water partition coefficient (Wildman–Crippen LogP) is 2.69. The van der Waals surface area contributed by atoms with Gasteiger partial charge in [0.05, 0.1) is 6.04 Å². The first kappa shape index (κ1) is 16.9. The van der Waals surface area contributed by atoms with Crippen LogP contribution in [0.4, 0.5) is 0 Å². The minimum Gasteiger partial charge on any atom is -0.465 e. The molecule has 1 aromatic rings. The minimum atomic E-state index is 0.279. The summed E-state index contributed by atoms with van der Waals surface area (Å²) in [5, 5.41) is 6.81. The van der Waals surface area contributed by atoms with Crippen LogP contribution < -0.4 is 10.6 Å². The van der Waals surface area contributed by atoms with E-state index in [1.807, 2.05) is 20.0 Å². The Bertz CT molecular complexity index is 463. The van der Waals surface area contributed by atoms with E-state index in [0.717, 1.165) is 50.1 Å². The third-order valence-corrected chi connectivity index (χ3v) is 4.18. The van der Waals surface area contributed by atoms with Crippen molar-refractivity contribution in [3.8, 4) is 0 Å². The van der Waals surface area contributed by atoms with Crippen LogP contribution >= 0.6 is 0 Å². The lowest BCUT2D eigenvalue weighted by molar-refractivity contribution is 0.213. The van der Waals surface area contributed by atoms with Gasteiger partial charge < -0.3 is 15.1 Å². The molecule has 0 aromatic carbocycles. The van der Waals surface area contributed by atoms with Crippen LogP contribution in [-0.4, -0.2) is 44.1 Å². The number of unbranched alkanes of at least 4 members (excludes halogenated alkanes) is 1. The summed E-state index contributed by atoms with van der Waals surface area (Å²) in [4.78, 5) is 6.81. The summed E-state index contributed by atoms with van der Waals surface area (Å²) in [6.07, 6.45) is 4.90. The SMILES string of the molecule is CCCCNC(=NC)NCC(c1ccc(C)o1)N1CCCC1. The maximum Gasteiger partial charge on any atom is 0.191 e. The third kappa shape index (κ3) is 4.77. The Kier molecular flexibility index (Phi) is 6.77. The van der Waals surface area contributed by atoms with Crippen molar-refractivity contribution in [2.24, 2.45) is 4.99 Å². The van der Waals surface area contributed by atoms with Gasteiger partial charge in [0.2, 0.25) is 0 Å². The van der Waals surface area contributed by atoms with Gasteiger partial charge in [-0.15, -0.1) is 0 Å². The summed E-state index contributed by atoms with van der Waals surface area (Å²) >= 11 is 0. The summed E-state index contributed by atoms with van der Waals surface area (Å²) < 4.78 is 5.88. The van der Waals surface area contributed by atoms with Gasteiger partial charge in [0.25, 0.3) is 0 Å². The second kappa shape index (κ2) is 8.83. The number of aryl methyl sites for hydroxylation is 1. The molecule has 2 heterocycles. The number of aliphatic imine (C=N–C) groups is 1. The predicted molar refractivity (Wildman–Crippen MR) is 91.3 cm³/mol. The second-order valence-electron chi connectivity index (χ2n) is 5.94. The third-order valence-electron chi connectivity index (χ3n) is 4.18. The molecule has 1 aliphatic rings. The van der Waals surface area contributed by atoms with E-state index in [4.69, 9.17) is 4.42 Å². The first-order chi connectivity index (χ1) is 10.7. The molecule has 1 aliphatic heterocycles. The van der Waals surface area contributed by atoms with Crippen LogP contribution in [0.25, 0.3) is 0 Å². The molecule has 1 atom stereocenters. The van der Waals surface area contributed by atoms with Gasteiger partial charge in [0, 0.05) is 20.1 Å². The molecule has 22 heavy (non-hydrogen) atoms. The Hall–Kier alpha value is -1.49. The average Bonchev–Trinajstić information content (AvgIpc) is 3.18. The number of hydrogen-bond donors (Lipinski definition) is 2. The fourth-order valence-electron chi connectivity index (χ4n) is 2.89. The zero-order chi connectivity index (χ0) is 15.8. The van der Waals surface area contributed by atoms with Crippen LogP contribution in [0, 0.1) is 6.92 Å². The lowest BCUT2D eigenvalue weighted by Gasteiger charge is -2.26. The standard InChI is InChI=1S/C17H30N4O/c1-4-5-10-19-17(18-3)20-13-15(21-11-6-7-12-21)16-9-8-14(2)22-16/h8-9,15H,4-7,10-13H2,1-3H3,(H2,18,19,20). The molecular weight excluding hydrogens is 276 g/mol. The van der Waals surface area contributed by atoms with Crippen molar-refractivity contribution in [3.63, 3.8) is 0 Å². The van der Waals surface area contributed by atoms with Gasteiger partial charge in [-0.3, -0.25) is 9.89 Å². The zero-order valence-electron chi connectivity index (χ0n) is 14.2. The molecule has 124 valence electrons. The van der Waals surface area contributed by atoms with Gasteiger partial charge in [-0.1, -0.05) is 13.3 Å². The van der Waals surface area contributed by atoms with Gasteiger partial charge in [0.1, 0.15) is 11.5 Å². The van der Waals surface area contributed by atoms with Crippen molar-refractivity contribution in [1.29, 1.82) is 0 Å². The quantitative estimate of drug-likeness (QED) is 0.462. The summed E-state index contributed by atoms with van der Waals surface area (Å²) in [6.45, 7) is 8.27. The van der Waals surface area contributed by atoms with Gasteiger partial charge in [0.15, 0.2) is 5.96 Å². The molecule has 1 unspecified atom stereocenters. The Balaban J connectivity index is 1.94. The van der Waals surface area contributed by atoms with Crippen molar-refractivity contribution in [2.45, 2.75) is 45.6 Å². The Morgan fingerprint density at radius 1 is 1.32 bits per heavy atom. The highest BCUT2D eigenvalue weighted by molar-refractivity contribution is 5.79. The number of likely N-dealkylation sites (tertiary alicyclic amines) is 1. The Labute approximate surface area is 134 Å². The average molecular weight is 306 g/mol. The highest BCUT2D eigenvalue weighted by Crippen LogP contribution is 2.26. The molecule has 0 bridgehead atoms. The first-order valence-corrected chi connectivity index (χ1v) is 8.49. The Morgan fingerprint density at radius 2 is 2.09 bits per heavy atom. The number of nitrogens with one attached hydrogen (secondary N) is 2. The lowest BCUT2D eigenvalue weighted by atomic mass is 10.2. The van der Waals surface area contributed by atoms with Crippen molar-refractivity contribution in [3.05, 3.63) is 23.7 Å². The van der Waals surface area contributed by atoms with Crippen molar-refractivity contribution in [2.75, 3.05) is 33.2 Å². The molecule has 0 saturated carbocycles. The molecule has 5 nitrogen and oxygen atoms in total. The summed E-state index contributed by atoms with van der Waals surface area (Å²) in [5.74, 6) is 2.90. The highest BCUT2D eigenvalue weighted by atomic mass is 16.3. The minimum absolute atomic E-state index is 0.279.